The number of nitrogen functional groups attached to an aromatic ring is 2. The standard InChI is InChI=1S/C17H21F2N5O.C14H21F2N5/c1-25-13-5-3-2-4-12(13)6-8-21-14-10-15(23-16(20)22-14)24-9-7-17(18,19)11-24;15-14(16)5-6-21(9-14)12-7-11(19-13(17)20-12)18-8-10-3-1-2-4-10/h2-5,10H,6-9,11H2,1H3,(H3,20,21,22,23);7,10H,1-6,8-9H2,(H3,17,18,19,20). The quantitative estimate of drug-likeness (QED) is 0.219. The Labute approximate surface area is 266 Å². The monoisotopic (exact) mass is 646 g/mol. The van der Waals surface area contributed by atoms with Gasteiger partial charge in [0.1, 0.15) is 29.0 Å². The van der Waals surface area contributed by atoms with E-state index in [4.69, 9.17) is 16.2 Å². The molecule has 6 rings (SSSR count). The minimum atomic E-state index is -2.68. The number of nitrogens with two attached hydrogens (primary N) is 2. The van der Waals surface area contributed by atoms with Crippen molar-refractivity contribution in [1.29, 1.82) is 0 Å². The molecule has 3 fully saturated rings. The Kier molecular flexibility index (Phi) is 10.4. The zero-order valence-corrected chi connectivity index (χ0v) is 26.0. The molecule has 0 radical (unpaired) electrons. The third-order valence-corrected chi connectivity index (χ3v) is 8.39. The molecule has 11 nitrogen and oxygen atoms in total. The number of halogens is 4. The van der Waals surface area contributed by atoms with E-state index in [1.165, 1.54) is 30.6 Å². The minimum absolute atomic E-state index is 0.0625. The average Bonchev–Trinajstić information content (AvgIpc) is 3.76. The summed E-state index contributed by atoms with van der Waals surface area (Å²) in [4.78, 5) is 19.5. The van der Waals surface area contributed by atoms with E-state index < -0.39 is 11.8 Å². The second-order valence-electron chi connectivity index (χ2n) is 12.0. The maximum atomic E-state index is 13.4. The highest BCUT2D eigenvalue weighted by Gasteiger charge is 2.40. The van der Waals surface area contributed by atoms with Crippen LogP contribution in [0.25, 0.3) is 0 Å². The Morgan fingerprint density at radius 3 is 1.89 bits per heavy atom. The largest absolute Gasteiger partial charge is 0.496 e. The van der Waals surface area contributed by atoms with E-state index in [1.54, 1.807) is 24.1 Å². The molecule has 4 heterocycles. The number of nitrogens with zero attached hydrogens (tertiary/aromatic N) is 6. The number of aromatic nitrogens is 4. The lowest BCUT2D eigenvalue weighted by atomic mass is 10.1. The number of para-hydroxylation sites is 1. The van der Waals surface area contributed by atoms with Crippen molar-refractivity contribution in [3.05, 3.63) is 42.0 Å². The van der Waals surface area contributed by atoms with Gasteiger partial charge in [-0.25, -0.2) is 17.6 Å². The molecule has 1 aliphatic carbocycles. The third kappa shape index (κ3) is 9.13. The first-order valence-corrected chi connectivity index (χ1v) is 15.6. The second kappa shape index (κ2) is 14.4. The molecule has 3 aromatic rings. The van der Waals surface area contributed by atoms with Crippen molar-refractivity contribution in [2.45, 2.75) is 56.8 Å². The van der Waals surface area contributed by atoms with Crippen LogP contribution in [0.3, 0.4) is 0 Å². The van der Waals surface area contributed by atoms with Gasteiger partial charge in [-0.1, -0.05) is 31.0 Å². The summed E-state index contributed by atoms with van der Waals surface area (Å²) in [5.74, 6) is -1.60. The Hall–Kier alpha value is -4.30. The van der Waals surface area contributed by atoms with Gasteiger partial charge in [-0.2, -0.15) is 19.9 Å². The second-order valence-corrected chi connectivity index (χ2v) is 12.0. The normalized spacial score (nSPS) is 18.7. The maximum Gasteiger partial charge on any atom is 0.266 e. The number of rotatable bonds is 10. The van der Waals surface area contributed by atoms with Crippen molar-refractivity contribution in [1.82, 2.24) is 19.9 Å². The summed E-state index contributed by atoms with van der Waals surface area (Å²) in [6.07, 6.45) is 5.45. The number of benzene rings is 1. The van der Waals surface area contributed by atoms with E-state index in [2.05, 4.69) is 30.6 Å². The van der Waals surface area contributed by atoms with Crippen LogP contribution in [0.1, 0.15) is 44.1 Å². The molecule has 15 heteroatoms. The van der Waals surface area contributed by atoms with Crippen molar-refractivity contribution in [2.24, 2.45) is 5.92 Å². The predicted octanol–water partition coefficient (Wildman–Crippen LogP) is 5.07. The molecule has 2 saturated heterocycles. The smallest absolute Gasteiger partial charge is 0.266 e. The Morgan fingerprint density at radius 2 is 1.37 bits per heavy atom. The SMILES string of the molecule is COc1ccccc1CCNc1cc(N2CCC(F)(F)C2)nc(N)n1.Nc1nc(NCC2CCCC2)cc(N2CCC(F)(F)C2)n1. The van der Waals surface area contributed by atoms with Gasteiger partial charge in [0.05, 0.1) is 20.2 Å². The molecule has 2 aliphatic heterocycles. The molecule has 2 aromatic heterocycles. The molecule has 3 aliphatic rings. The zero-order valence-electron chi connectivity index (χ0n) is 26.0. The van der Waals surface area contributed by atoms with E-state index in [0.717, 1.165) is 24.3 Å². The van der Waals surface area contributed by atoms with Gasteiger partial charge in [-0.05, 0) is 36.8 Å². The Bertz CT molecular complexity index is 1460. The van der Waals surface area contributed by atoms with Gasteiger partial charge in [0.15, 0.2) is 0 Å². The fourth-order valence-electron chi connectivity index (χ4n) is 5.97. The molecule has 6 N–H and O–H groups in total. The highest BCUT2D eigenvalue weighted by molar-refractivity contribution is 5.54. The molecule has 0 atom stereocenters. The van der Waals surface area contributed by atoms with Crippen molar-refractivity contribution in [2.75, 3.05) is 78.3 Å². The number of ether oxygens (including phenoxy) is 1. The van der Waals surface area contributed by atoms with E-state index in [9.17, 15) is 17.6 Å². The van der Waals surface area contributed by atoms with Crippen LogP contribution in [0.5, 0.6) is 5.75 Å². The summed E-state index contributed by atoms with van der Waals surface area (Å²) in [5, 5.41) is 6.44. The van der Waals surface area contributed by atoms with Crippen LogP contribution in [0.4, 0.5) is 52.7 Å². The first-order valence-electron chi connectivity index (χ1n) is 15.6. The molecular formula is C31H42F4N10O. The van der Waals surface area contributed by atoms with Crippen molar-refractivity contribution in [3.63, 3.8) is 0 Å². The molecule has 1 saturated carbocycles. The van der Waals surface area contributed by atoms with Crippen molar-refractivity contribution < 1.29 is 22.3 Å². The van der Waals surface area contributed by atoms with Crippen LogP contribution in [-0.4, -0.2) is 78.2 Å². The lowest BCUT2D eigenvalue weighted by molar-refractivity contribution is 0.0249. The Balaban J connectivity index is 0.000000184. The molecule has 0 spiro atoms. The zero-order chi connectivity index (χ0) is 32.7. The highest BCUT2D eigenvalue weighted by Crippen LogP contribution is 2.32. The fourth-order valence-corrected chi connectivity index (χ4v) is 5.97. The number of hydrogen-bond donors (Lipinski definition) is 4. The summed E-state index contributed by atoms with van der Waals surface area (Å²) in [5.41, 5.74) is 12.5. The molecule has 250 valence electrons. The lowest BCUT2D eigenvalue weighted by Gasteiger charge is -2.18. The molecule has 0 amide bonds. The summed E-state index contributed by atoms with van der Waals surface area (Å²) in [7, 11) is 1.63. The van der Waals surface area contributed by atoms with E-state index >= 15 is 0 Å². The summed E-state index contributed by atoms with van der Waals surface area (Å²) < 4.78 is 58.7. The van der Waals surface area contributed by atoms with Crippen LogP contribution in [0, 0.1) is 5.92 Å². The summed E-state index contributed by atoms with van der Waals surface area (Å²) in [6.45, 7) is 1.36. The maximum absolute atomic E-state index is 13.4. The van der Waals surface area contributed by atoms with Crippen LogP contribution in [-0.2, 0) is 6.42 Å². The predicted molar refractivity (Wildman–Crippen MR) is 172 cm³/mol. The molecule has 0 unspecified atom stereocenters. The van der Waals surface area contributed by atoms with E-state index in [1.807, 2.05) is 24.3 Å². The summed E-state index contributed by atoms with van der Waals surface area (Å²) in [6, 6.07) is 11.1. The number of anilines is 6. The van der Waals surface area contributed by atoms with Gasteiger partial charge >= 0.3 is 0 Å². The van der Waals surface area contributed by atoms with E-state index in [-0.39, 0.29) is 44.4 Å². The van der Waals surface area contributed by atoms with Crippen LogP contribution in [0.15, 0.2) is 36.4 Å². The van der Waals surface area contributed by atoms with Gasteiger partial charge < -0.3 is 36.6 Å². The molecular weight excluding hydrogens is 604 g/mol. The number of hydrogen-bond acceptors (Lipinski definition) is 11. The number of methoxy groups -OCH3 is 1. The first-order chi connectivity index (χ1) is 22.0. The molecule has 46 heavy (non-hydrogen) atoms. The van der Waals surface area contributed by atoms with Crippen molar-refractivity contribution >= 4 is 35.2 Å². The van der Waals surface area contributed by atoms with Gasteiger partial charge in [0, 0.05) is 51.2 Å². The topological polar surface area (TPSA) is 143 Å². The minimum Gasteiger partial charge on any atom is -0.496 e. The fraction of sp³-hybridized carbons (Fsp3) is 0.548. The van der Waals surface area contributed by atoms with Gasteiger partial charge in [-0.3, -0.25) is 0 Å². The van der Waals surface area contributed by atoms with Crippen LogP contribution in [0.2, 0.25) is 0 Å². The summed E-state index contributed by atoms with van der Waals surface area (Å²) >= 11 is 0. The molecule has 0 bridgehead atoms. The van der Waals surface area contributed by atoms with E-state index in [0.29, 0.717) is 42.3 Å². The van der Waals surface area contributed by atoms with Gasteiger partial charge in [0.25, 0.3) is 11.8 Å². The number of nitrogens with one attached hydrogen (secondary N) is 2. The highest BCUT2D eigenvalue weighted by atomic mass is 19.3. The van der Waals surface area contributed by atoms with Gasteiger partial charge in [-0.15, -0.1) is 0 Å². The number of alkyl halides is 4. The molecule has 1 aromatic carbocycles. The first kappa shape index (κ1) is 33.1. The Morgan fingerprint density at radius 1 is 0.826 bits per heavy atom. The lowest BCUT2D eigenvalue weighted by Crippen LogP contribution is -2.26. The van der Waals surface area contributed by atoms with Crippen LogP contribution < -0.4 is 36.6 Å². The van der Waals surface area contributed by atoms with Crippen LogP contribution >= 0.6 is 0 Å². The average molecular weight is 647 g/mol. The van der Waals surface area contributed by atoms with Gasteiger partial charge in [0.2, 0.25) is 11.9 Å². The third-order valence-electron chi connectivity index (χ3n) is 8.39. The van der Waals surface area contributed by atoms with Crippen molar-refractivity contribution in [3.8, 4) is 5.75 Å².